The molecule has 0 aliphatic carbocycles. The minimum atomic E-state index is -0.433. The van der Waals surface area contributed by atoms with E-state index in [-0.39, 0.29) is 17.3 Å². The van der Waals surface area contributed by atoms with Gasteiger partial charge in [-0.2, -0.15) is 5.26 Å². The molecule has 3 aromatic rings. The molecule has 0 spiro atoms. The van der Waals surface area contributed by atoms with Gasteiger partial charge in [-0.05, 0) is 42.0 Å². The third-order valence-corrected chi connectivity index (χ3v) is 3.78. The molecular weight excluding hydrogens is 340 g/mol. The van der Waals surface area contributed by atoms with Crippen LogP contribution in [0, 0.1) is 11.3 Å². The fourth-order valence-electron chi connectivity index (χ4n) is 2.38. The summed E-state index contributed by atoms with van der Waals surface area (Å²) in [6, 6.07) is 22.7. The lowest BCUT2D eigenvalue weighted by atomic mass is 10.2. The SMILES string of the molecule is N#Cc1ccc(NC(=O)c2cccc(C(=O)NCc3ccccc3)n2)cc1. The molecule has 0 unspecified atom stereocenters. The van der Waals surface area contributed by atoms with E-state index in [1.807, 2.05) is 36.4 Å². The molecule has 6 nitrogen and oxygen atoms in total. The normalized spacial score (nSPS) is 9.89. The van der Waals surface area contributed by atoms with Gasteiger partial charge in [-0.3, -0.25) is 9.59 Å². The van der Waals surface area contributed by atoms with E-state index >= 15 is 0 Å². The Bertz CT molecular complexity index is 993. The number of carbonyl (C=O) groups is 2. The predicted octanol–water partition coefficient (Wildman–Crippen LogP) is 3.14. The molecule has 0 saturated carbocycles. The third kappa shape index (κ3) is 4.77. The zero-order valence-electron chi connectivity index (χ0n) is 14.3. The van der Waals surface area contributed by atoms with E-state index in [1.165, 1.54) is 6.07 Å². The van der Waals surface area contributed by atoms with Crippen LogP contribution in [0.25, 0.3) is 0 Å². The van der Waals surface area contributed by atoms with Crippen molar-refractivity contribution in [1.82, 2.24) is 10.3 Å². The van der Waals surface area contributed by atoms with Crippen molar-refractivity contribution in [3.63, 3.8) is 0 Å². The summed E-state index contributed by atoms with van der Waals surface area (Å²) in [5.41, 5.74) is 2.31. The standard InChI is InChI=1S/C21H16N4O2/c22-13-15-9-11-17(12-10-15)24-21(27)19-8-4-7-18(25-19)20(26)23-14-16-5-2-1-3-6-16/h1-12H,14H2,(H,23,26)(H,24,27). The lowest BCUT2D eigenvalue weighted by Gasteiger charge is -2.07. The van der Waals surface area contributed by atoms with Gasteiger partial charge in [0.1, 0.15) is 11.4 Å². The molecule has 27 heavy (non-hydrogen) atoms. The fraction of sp³-hybridized carbons (Fsp3) is 0.0476. The zero-order chi connectivity index (χ0) is 19.1. The summed E-state index contributed by atoms with van der Waals surface area (Å²) in [4.78, 5) is 28.8. The van der Waals surface area contributed by atoms with Crippen LogP contribution in [0.4, 0.5) is 5.69 Å². The van der Waals surface area contributed by atoms with E-state index < -0.39 is 5.91 Å². The van der Waals surface area contributed by atoms with Gasteiger partial charge < -0.3 is 10.6 Å². The highest BCUT2D eigenvalue weighted by molar-refractivity contribution is 6.03. The Hall–Kier alpha value is -3.98. The second-order valence-corrected chi connectivity index (χ2v) is 5.72. The van der Waals surface area contributed by atoms with Gasteiger partial charge in [-0.1, -0.05) is 36.4 Å². The number of hydrogen-bond acceptors (Lipinski definition) is 4. The van der Waals surface area contributed by atoms with Gasteiger partial charge in [-0.25, -0.2) is 4.98 Å². The highest BCUT2D eigenvalue weighted by Crippen LogP contribution is 2.11. The first kappa shape index (κ1) is 17.8. The summed E-state index contributed by atoms with van der Waals surface area (Å²) in [5.74, 6) is -0.788. The van der Waals surface area contributed by atoms with Crippen molar-refractivity contribution in [2.45, 2.75) is 6.54 Å². The zero-order valence-corrected chi connectivity index (χ0v) is 14.3. The highest BCUT2D eigenvalue weighted by atomic mass is 16.2. The van der Waals surface area contributed by atoms with Crippen molar-refractivity contribution in [2.24, 2.45) is 0 Å². The van der Waals surface area contributed by atoms with E-state index in [9.17, 15) is 9.59 Å². The van der Waals surface area contributed by atoms with Crippen molar-refractivity contribution in [3.05, 3.63) is 95.3 Å². The first-order valence-electron chi connectivity index (χ1n) is 8.26. The molecule has 1 aromatic heterocycles. The van der Waals surface area contributed by atoms with Gasteiger partial charge in [0.15, 0.2) is 0 Å². The van der Waals surface area contributed by atoms with E-state index in [4.69, 9.17) is 5.26 Å². The monoisotopic (exact) mass is 356 g/mol. The summed E-state index contributed by atoms with van der Waals surface area (Å²) in [6.07, 6.45) is 0. The van der Waals surface area contributed by atoms with E-state index in [2.05, 4.69) is 15.6 Å². The van der Waals surface area contributed by atoms with Crippen LogP contribution in [-0.2, 0) is 6.54 Å². The molecule has 6 heteroatoms. The molecule has 0 aliphatic rings. The topological polar surface area (TPSA) is 94.9 Å². The van der Waals surface area contributed by atoms with Crippen LogP contribution in [0.2, 0.25) is 0 Å². The molecule has 0 aliphatic heterocycles. The Labute approximate surface area is 156 Å². The minimum Gasteiger partial charge on any atom is -0.347 e. The quantitative estimate of drug-likeness (QED) is 0.734. The Morgan fingerprint density at radius 1 is 0.852 bits per heavy atom. The number of rotatable bonds is 5. The van der Waals surface area contributed by atoms with Crippen LogP contribution in [-0.4, -0.2) is 16.8 Å². The Balaban J connectivity index is 1.65. The molecule has 0 atom stereocenters. The number of nitrogens with one attached hydrogen (secondary N) is 2. The van der Waals surface area contributed by atoms with Crippen LogP contribution in [0.1, 0.15) is 32.1 Å². The van der Waals surface area contributed by atoms with E-state index in [0.29, 0.717) is 17.8 Å². The van der Waals surface area contributed by atoms with Crippen LogP contribution >= 0.6 is 0 Å². The number of nitrogens with zero attached hydrogens (tertiary/aromatic N) is 2. The molecule has 0 bridgehead atoms. The van der Waals surface area contributed by atoms with Gasteiger partial charge in [0.05, 0.1) is 11.6 Å². The average molecular weight is 356 g/mol. The molecular formula is C21H16N4O2. The lowest BCUT2D eigenvalue weighted by molar-refractivity contribution is 0.0945. The second kappa shape index (κ2) is 8.41. The first-order valence-corrected chi connectivity index (χ1v) is 8.26. The molecule has 3 rings (SSSR count). The lowest BCUT2D eigenvalue weighted by Crippen LogP contribution is -2.25. The Kier molecular flexibility index (Phi) is 5.55. The molecule has 0 saturated heterocycles. The largest absolute Gasteiger partial charge is 0.347 e. The Morgan fingerprint density at radius 2 is 1.52 bits per heavy atom. The average Bonchev–Trinajstić information content (AvgIpc) is 2.73. The molecule has 0 radical (unpaired) electrons. The number of amides is 2. The van der Waals surface area contributed by atoms with Gasteiger partial charge in [0, 0.05) is 12.2 Å². The molecule has 0 fully saturated rings. The van der Waals surface area contributed by atoms with Crippen LogP contribution in [0.5, 0.6) is 0 Å². The summed E-state index contributed by atoms with van der Waals surface area (Å²) in [7, 11) is 0. The summed E-state index contributed by atoms with van der Waals surface area (Å²) in [5, 5.41) is 14.3. The van der Waals surface area contributed by atoms with Crippen molar-refractivity contribution < 1.29 is 9.59 Å². The maximum absolute atomic E-state index is 12.4. The summed E-state index contributed by atoms with van der Waals surface area (Å²) < 4.78 is 0. The maximum Gasteiger partial charge on any atom is 0.274 e. The van der Waals surface area contributed by atoms with Crippen LogP contribution in [0.3, 0.4) is 0 Å². The van der Waals surface area contributed by atoms with E-state index in [1.54, 1.807) is 36.4 Å². The molecule has 132 valence electrons. The number of aromatic nitrogens is 1. The third-order valence-electron chi connectivity index (χ3n) is 3.78. The first-order chi connectivity index (χ1) is 13.2. The molecule has 2 aromatic carbocycles. The predicted molar refractivity (Wildman–Crippen MR) is 101 cm³/mol. The summed E-state index contributed by atoms with van der Waals surface area (Å²) >= 11 is 0. The highest BCUT2D eigenvalue weighted by Gasteiger charge is 2.12. The van der Waals surface area contributed by atoms with Gasteiger partial charge >= 0.3 is 0 Å². The van der Waals surface area contributed by atoms with Crippen molar-refractivity contribution in [1.29, 1.82) is 5.26 Å². The van der Waals surface area contributed by atoms with Crippen molar-refractivity contribution in [2.75, 3.05) is 5.32 Å². The van der Waals surface area contributed by atoms with Gasteiger partial charge in [-0.15, -0.1) is 0 Å². The van der Waals surface area contributed by atoms with E-state index in [0.717, 1.165) is 5.56 Å². The fourth-order valence-corrected chi connectivity index (χ4v) is 2.38. The van der Waals surface area contributed by atoms with Crippen molar-refractivity contribution in [3.8, 4) is 6.07 Å². The number of carbonyl (C=O) groups excluding carboxylic acids is 2. The summed E-state index contributed by atoms with van der Waals surface area (Å²) in [6.45, 7) is 0.378. The van der Waals surface area contributed by atoms with Crippen LogP contribution in [0.15, 0.2) is 72.8 Å². The number of pyridine rings is 1. The number of anilines is 1. The number of hydrogen-bond donors (Lipinski definition) is 2. The maximum atomic E-state index is 12.4. The smallest absolute Gasteiger partial charge is 0.274 e. The molecule has 2 N–H and O–H groups in total. The second-order valence-electron chi connectivity index (χ2n) is 5.72. The Morgan fingerprint density at radius 3 is 2.19 bits per heavy atom. The number of benzene rings is 2. The van der Waals surface area contributed by atoms with Crippen LogP contribution < -0.4 is 10.6 Å². The van der Waals surface area contributed by atoms with Gasteiger partial charge in [0.2, 0.25) is 0 Å². The van der Waals surface area contributed by atoms with Crippen molar-refractivity contribution >= 4 is 17.5 Å². The molecule has 1 heterocycles. The van der Waals surface area contributed by atoms with Gasteiger partial charge in [0.25, 0.3) is 11.8 Å². The molecule has 2 amide bonds. The minimum absolute atomic E-state index is 0.131. The number of nitriles is 1.